The number of hydrogen-bond acceptors (Lipinski definition) is 6. The monoisotopic (exact) mass is 493 g/mol. The van der Waals surface area contributed by atoms with Crippen LogP contribution in [-0.4, -0.2) is 78.7 Å². The van der Waals surface area contributed by atoms with E-state index in [1.807, 2.05) is 0 Å². The largest absolute Gasteiger partial charge is 0.401 e. The maximum Gasteiger partial charge on any atom is 0.401 e. The van der Waals surface area contributed by atoms with Gasteiger partial charge in [-0.15, -0.1) is 0 Å². The van der Waals surface area contributed by atoms with Crippen LogP contribution in [0.1, 0.15) is 23.2 Å². The number of alkyl halides is 3. The van der Waals surface area contributed by atoms with Crippen LogP contribution < -0.4 is 10.6 Å². The summed E-state index contributed by atoms with van der Waals surface area (Å²) < 4.78 is 38.2. The first kappa shape index (κ1) is 22.8. The summed E-state index contributed by atoms with van der Waals surface area (Å²) in [6.07, 6.45) is -2.57. The van der Waals surface area contributed by atoms with Gasteiger partial charge in [0.05, 0.1) is 17.0 Å². The lowest BCUT2D eigenvalue weighted by atomic mass is 10.0. The molecule has 30 heavy (non-hydrogen) atoms. The minimum absolute atomic E-state index is 0.0613. The van der Waals surface area contributed by atoms with Crippen LogP contribution >= 0.6 is 15.9 Å². The Morgan fingerprint density at radius 2 is 2.00 bits per heavy atom. The molecule has 2 aliphatic heterocycles. The van der Waals surface area contributed by atoms with Gasteiger partial charge in [0.15, 0.2) is 0 Å². The number of halogens is 4. The molecule has 3 rings (SSSR count). The van der Waals surface area contributed by atoms with Crippen molar-refractivity contribution in [3.05, 3.63) is 32.3 Å². The van der Waals surface area contributed by atoms with Gasteiger partial charge in [0.2, 0.25) is 0 Å². The molecule has 166 valence electrons. The molecule has 1 aromatic rings. The second-order valence-corrected chi connectivity index (χ2v) is 8.39. The van der Waals surface area contributed by atoms with Crippen molar-refractivity contribution in [3.8, 4) is 0 Å². The van der Waals surface area contributed by atoms with Gasteiger partial charge in [-0.1, -0.05) is 15.9 Å². The third-order valence-electron chi connectivity index (χ3n) is 5.22. The average Bonchev–Trinajstić information content (AvgIpc) is 2.68. The van der Waals surface area contributed by atoms with Crippen LogP contribution in [0, 0.1) is 10.1 Å². The SMILES string of the molecule is O=C(c1cc(Br)cc([N+](=O)[O-])c1N[C@@H]1CCCNC1)N1CCN(CC(F)(F)F)CC1. The van der Waals surface area contributed by atoms with E-state index in [1.54, 1.807) is 0 Å². The summed E-state index contributed by atoms with van der Waals surface area (Å²) in [7, 11) is 0. The fraction of sp³-hybridized carbons (Fsp3) is 0.611. The van der Waals surface area contributed by atoms with Crippen molar-refractivity contribution in [2.24, 2.45) is 0 Å². The molecule has 0 aliphatic carbocycles. The molecule has 0 aromatic heterocycles. The highest BCUT2D eigenvalue weighted by molar-refractivity contribution is 9.10. The van der Waals surface area contributed by atoms with Crippen molar-refractivity contribution in [1.29, 1.82) is 0 Å². The molecular formula is C18H23BrF3N5O3. The standard InChI is InChI=1S/C18H23BrF3N5O3/c19-12-8-14(17(28)26-6-4-25(5-7-26)11-18(20,21)22)16(15(9-12)27(29)30)24-13-2-1-3-23-10-13/h8-9,13,23-24H,1-7,10-11H2/t13-/m1/s1. The van der Waals surface area contributed by atoms with E-state index in [9.17, 15) is 28.1 Å². The van der Waals surface area contributed by atoms with E-state index in [4.69, 9.17) is 0 Å². The molecular weight excluding hydrogens is 471 g/mol. The smallest absolute Gasteiger partial charge is 0.375 e. The number of nitrogens with zero attached hydrogens (tertiary/aromatic N) is 3. The Morgan fingerprint density at radius 3 is 2.57 bits per heavy atom. The Kier molecular flexibility index (Phi) is 7.19. The van der Waals surface area contributed by atoms with Gasteiger partial charge in [-0.2, -0.15) is 13.2 Å². The van der Waals surface area contributed by atoms with Gasteiger partial charge in [0.25, 0.3) is 11.6 Å². The molecule has 2 N–H and O–H groups in total. The third kappa shape index (κ3) is 5.82. The highest BCUT2D eigenvalue weighted by Crippen LogP contribution is 2.34. The maximum atomic E-state index is 13.2. The number of benzene rings is 1. The first-order chi connectivity index (χ1) is 14.1. The van der Waals surface area contributed by atoms with Crippen molar-refractivity contribution in [2.75, 3.05) is 51.1 Å². The summed E-state index contributed by atoms with van der Waals surface area (Å²) in [6.45, 7) is 0.914. The van der Waals surface area contributed by atoms with Crippen molar-refractivity contribution >= 4 is 33.2 Å². The minimum Gasteiger partial charge on any atom is -0.375 e. The molecule has 0 unspecified atom stereocenters. The number of nitro benzene ring substituents is 1. The van der Waals surface area contributed by atoms with E-state index >= 15 is 0 Å². The number of hydrogen-bond donors (Lipinski definition) is 2. The molecule has 2 fully saturated rings. The van der Waals surface area contributed by atoms with E-state index in [1.165, 1.54) is 21.9 Å². The second kappa shape index (κ2) is 9.48. The Hall–Kier alpha value is -1.92. The van der Waals surface area contributed by atoms with Crippen LogP contribution in [0.25, 0.3) is 0 Å². The summed E-state index contributed by atoms with van der Waals surface area (Å²) in [4.78, 5) is 27.0. The highest BCUT2D eigenvalue weighted by atomic mass is 79.9. The van der Waals surface area contributed by atoms with Crippen LogP contribution in [0.2, 0.25) is 0 Å². The topological polar surface area (TPSA) is 90.7 Å². The van der Waals surface area contributed by atoms with Crippen molar-refractivity contribution < 1.29 is 22.9 Å². The molecule has 2 heterocycles. The fourth-order valence-electron chi connectivity index (χ4n) is 3.77. The van der Waals surface area contributed by atoms with Crippen LogP contribution in [0.4, 0.5) is 24.5 Å². The van der Waals surface area contributed by atoms with Crippen molar-refractivity contribution in [3.63, 3.8) is 0 Å². The molecule has 1 amide bonds. The number of piperazine rings is 1. The zero-order valence-electron chi connectivity index (χ0n) is 16.2. The number of piperidine rings is 1. The Labute approximate surface area is 180 Å². The van der Waals surface area contributed by atoms with Crippen molar-refractivity contribution in [1.82, 2.24) is 15.1 Å². The average molecular weight is 494 g/mol. The van der Waals surface area contributed by atoms with E-state index in [-0.39, 0.29) is 49.2 Å². The second-order valence-electron chi connectivity index (χ2n) is 7.48. The van der Waals surface area contributed by atoms with Crippen LogP contribution in [0.15, 0.2) is 16.6 Å². The van der Waals surface area contributed by atoms with E-state index in [0.717, 1.165) is 19.4 Å². The lowest BCUT2D eigenvalue weighted by Crippen LogP contribution is -2.51. The van der Waals surface area contributed by atoms with E-state index in [0.29, 0.717) is 11.0 Å². The molecule has 2 aliphatic rings. The highest BCUT2D eigenvalue weighted by Gasteiger charge is 2.34. The Morgan fingerprint density at radius 1 is 1.30 bits per heavy atom. The molecule has 2 saturated heterocycles. The predicted molar refractivity (Wildman–Crippen MR) is 109 cm³/mol. The molecule has 0 saturated carbocycles. The Balaban J connectivity index is 1.81. The lowest BCUT2D eigenvalue weighted by molar-refractivity contribution is -0.384. The van der Waals surface area contributed by atoms with Gasteiger partial charge >= 0.3 is 6.18 Å². The van der Waals surface area contributed by atoms with Crippen LogP contribution in [0.3, 0.4) is 0 Å². The number of rotatable bonds is 5. The normalized spacial score (nSPS) is 20.8. The molecule has 0 bridgehead atoms. The first-order valence-electron chi connectivity index (χ1n) is 9.67. The maximum absolute atomic E-state index is 13.2. The zero-order valence-corrected chi connectivity index (χ0v) is 17.8. The molecule has 1 aromatic carbocycles. The minimum atomic E-state index is -4.29. The van der Waals surface area contributed by atoms with E-state index in [2.05, 4.69) is 26.6 Å². The summed E-state index contributed by atoms with van der Waals surface area (Å²) >= 11 is 3.23. The summed E-state index contributed by atoms with van der Waals surface area (Å²) in [5.41, 5.74) is 0.0829. The van der Waals surface area contributed by atoms with Crippen molar-refractivity contribution in [2.45, 2.75) is 25.1 Å². The number of anilines is 1. The molecule has 8 nitrogen and oxygen atoms in total. The predicted octanol–water partition coefficient (Wildman–Crippen LogP) is 2.84. The number of carbonyl (C=O) groups excluding carboxylic acids is 1. The summed E-state index contributed by atoms with van der Waals surface area (Å²) in [5.74, 6) is -0.433. The van der Waals surface area contributed by atoms with Gasteiger partial charge in [0, 0.05) is 49.3 Å². The quantitative estimate of drug-likeness (QED) is 0.484. The van der Waals surface area contributed by atoms with Gasteiger partial charge < -0.3 is 15.5 Å². The summed E-state index contributed by atoms with van der Waals surface area (Å²) in [6, 6.07) is 2.81. The zero-order chi connectivity index (χ0) is 21.9. The summed E-state index contributed by atoms with van der Waals surface area (Å²) in [5, 5.41) is 18.0. The van der Waals surface area contributed by atoms with Crippen LogP contribution in [0.5, 0.6) is 0 Å². The lowest BCUT2D eigenvalue weighted by Gasteiger charge is -2.35. The van der Waals surface area contributed by atoms with Gasteiger partial charge in [-0.05, 0) is 25.5 Å². The fourth-order valence-corrected chi connectivity index (χ4v) is 4.21. The van der Waals surface area contributed by atoms with Gasteiger partial charge in [-0.3, -0.25) is 19.8 Å². The van der Waals surface area contributed by atoms with Gasteiger partial charge in [0.1, 0.15) is 5.69 Å². The number of carbonyl (C=O) groups is 1. The number of nitro groups is 1. The van der Waals surface area contributed by atoms with E-state index < -0.39 is 23.6 Å². The molecule has 0 spiro atoms. The first-order valence-corrected chi connectivity index (χ1v) is 10.5. The molecule has 1 atom stereocenters. The van der Waals surface area contributed by atoms with Gasteiger partial charge in [-0.25, -0.2) is 0 Å². The number of amides is 1. The third-order valence-corrected chi connectivity index (χ3v) is 5.67. The molecule has 0 radical (unpaired) electrons. The molecule has 12 heteroatoms. The Bertz CT molecular complexity index is 794. The number of nitrogens with one attached hydrogen (secondary N) is 2. The van der Waals surface area contributed by atoms with Crippen LogP contribution in [-0.2, 0) is 0 Å².